The molecule has 0 atom stereocenters. The van der Waals surface area contributed by atoms with E-state index >= 15 is 0 Å². The van der Waals surface area contributed by atoms with E-state index in [1.807, 2.05) is 6.07 Å². The van der Waals surface area contributed by atoms with E-state index in [0.29, 0.717) is 32.8 Å². The van der Waals surface area contributed by atoms with E-state index in [-0.39, 0.29) is 6.42 Å². The molecule has 8 nitrogen and oxygen atoms in total. The zero-order valence-electron chi connectivity index (χ0n) is 17.9. The van der Waals surface area contributed by atoms with Crippen molar-refractivity contribution in [3.63, 3.8) is 0 Å². The monoisotopic (exact) mass is 517 g/mol. The van der Waals surface area contributed by atoms with Crippen LogP contribution in [0.3, 0.4) is 0 Å². The van der Waals surface area contributed by atoms with E-state index < -0.39 is 23.2 Å². The number of fused-ring (bicyclic) bond motifs is 1. The van der Waals surface area contributed by atoms with Gasteiger partial charge >= 0.3 is 6.18 Å². The minimum absolute atomic E-state index is 0.224. The van der Waals surface area contributed by atoms with Crippen LogP contribution >= 0.6 is 23.1 Å². The van der Waals surface area contributed by atoms with Crippen LogP contribution in [0.4, 0.5) is 24.0 Å². The highest BCUT2D eigenvalue weighted by molar-refractivity contribution is 7.10. The number of nitrogens with zero attached hydrogens (tertiary/aromatic N) is 5. The quantitative estimate of drug-likeness (QED) is 0.282. The number of aromatic amines is 1. The number of aromatic nitrogens is 6. The van der Waals surface area contributed by atoms with Crippen LogP contribution in [-0.4, -0.2) is 35.1 Å². The first-order valence-corrected chi connectivity index (χ1v) is 11.3. The first-order chi connectivity index (χ1) is 16.7. The van der Waals surface area contributed by atoms with E-state index in [2.05, 4.69) is 30.0 Å². The third kappa shape index (κ3) is 4.62. The van der Waals surface area contributed by atoms with Gasteiger partial charge in [-0.1, -0.05) is 29.8 Å². The first kappa shape index (κ1) is 23.0. The molecule has 0 amide bonds. The van der Waals surface area contributed by atoms with E-state index in [1.165, 1.54) is 7.05 Å². The van der Waals surface area contributed by atoms with Gasteiger partial charge in [-0.25, -0.2) is 0 Å². The van der Waals surface area contributed by atoms with Gasteiger partial charge in [-0.15, -0.1) is 0 Å². The summed E-state index contributed by atoms with van der Waals surface area (Å²) >= 11 is 7.56. The molecule has 0 radical (unpaired) electrons. The molecule has 5 rings (SSSR count). The second-order valence-electron chi connectivity index (χ2n) is 7.67. The number of H-pyrrole nitrogens is 1. The zero-order valence-corrected chi connectivity index (χ0v) is 19.5. The first-order valence-electron chi connectivity index (χ1n) is 10.1. The molecule has 0 aliphatic carbocycles. The van der Waals surface area contributed by atoms with Crippen molar-refractivity contribution in [3.05, 3.63) is 70.6 Å². The Hall–Kier alpha value is -3.77. The molecule has 0 spiro atoms. The topological polar surface area (TPSA) is 101 Å². The van der Waals surface area contributed by atoms with Crippen molar-refractivity contribution in [3.8, 4) is 11.4 Å². The number of carbonyl (C=O) groups excluding carboxylic acids is 1. The number of rotatable bonds is 6. The Bertz CT molecular complexity index is 1560. The number of benzene rings is 2. The third-order valence-electron chi connectivity index (χ3n) is 5.17. The summed E-state index contributed by atoms with van der Waals surface area (Å²) in [6.45, 7) is 0. The summed E-state index contributed by atoms with van der Waals surface area (Å²) in [5, 5.41) is 15.1. The van der Waals surface area contributed by atoms with Crippen molar-refractivity contribution >= 4 is 50.6 Å². The Morgan fingerprint density at radius 2 is 2.09 bits per heavy atom. The van der Waals surface area contributed by atoms with E-state index in [1.54, 1.807) is 36.5 Å². The lowest BCUT2D eigenvalue weighted by Crippen LogP contribution is -2.13. The molecule has 0 aliphatic heterocycles. The standard InChI is InChI=1S/C22H15ClF3N7OS/c1-33-10-14(19(31-33)22(24,25)26)17(34)8-11-3-2-4-12(7-11)20-29-21(35-32-20)28-16-6-5-15-13(18(16)23)9-27-30-15/h2-7,9-10H,8H2,1H3,(H,27,30)(H,28,29,32). The van der Waals surface area contributed by atoms with Crippen LogP contribution in [0.5, 0.6) is 0 Å². The highest BCUT2D eigenvalue weighted by Crippen LogP contribution is 2.34. The van der Waals surface area contributed by atoms with Crippen LogP contribution in [0.25, 0.3) is 22.3 Å². The molecule has 0 fully saturated rings. The highest BCUT2D eigenvalue weighted by Gasteiger charge is 2.38. The summed E-state index contributed by atoms with van der Waals surface area (Å²) in [6, 6.07) is 10.4. The van der Waals surface area contributed by atoms with Gasteiger partial charge < -0.3 is 5.32 Å². The molecule has 0 saturated carbocycles. The fraction of sp³-hybridized carbons (Fsp3) is 0.136. The van der Waals surface area contributed by atoms with Crippen LogP contribution in [0, 0.1) is 0 Å². The average Bonchev–Trinajstić information content (AvgIpc) is 3.55. The van der Waals surface area contributed by atoms with Crippen LogP contribution in [0.2, 0.25) is 5.02 Å². The number of hydrogen-bond donors (Lipinski definition) is 2. The summed E-state index contributed by atoms with van der Waals surface area (Å²) < 4.78 is 45.0. The number of aryl methyl sites for hydroxylation is 1. The van der Waals surface area contributed by atoms with E-state index in [9.17, 15) is 18.0 Å². The number of halogens is 4. The third-order valence-corrected chi connectivity index (χ3v) is 6.21. The Morgan fingerprint density at radius 3 is 2.89 bits per heavy atom. The highest BCUT2D eigenvalue weighted by atomic mass is 35.5. The maximum absolute atomic E-state index is 13.2. The fourth-order valence-corrected chi connectivity index (χ4v) is 4.45. The average molecular weight is 518 g/mol. The van der Waals surface area contributed by atoms with Crippen molar-refractivity contribution in [1.82, 2.24) is 29.3 Å². The predicted molar refractivity (Wildman–Crippen MR) is 126 cm³/mol. The van der Waals surface area contributed by atoms with Crippen LogP contribution in [0.15, 0.2) is 48.8 Å². The largest absolute Gasteiger partial charge is 0.435 e. The van der Waals surface area contributed by atoms with Gasteiger partial charge in [0.15, 0.2) is 17.3 Å². The number of hydrogen-bond acceptors (Lipinski definition) is 7. The lowest BCUT2D eigenvalue weighted by Gasteiger charge is -2.06. The van der Waals surface area contributed by atoms with Gasteiger partial charge in [-0.05, 0) is 23.8 Å². The summed E-state index contributed by atoms with van der Waals surface area (Å²) in [5.41, 5.74) is 0.943. The van der Waals surface area contributed by atoms with Crippen molar-refractivity contribution in [2.24, 2.45) is 7.05 Å². The Morgan fingerprint density at radius 1 is 1.26 bits per heavy atom. The number of carbonyl (C=O) groups is 1. The number of alkyl halides is 3. The van der Waals surface area contributed by atoms with Crippen molar-refractivity contribution in [2.75, 3.05) is 5.32 Å². The second-order valence-corrected chi connectivity index (χ2v) is 8.80. The van der Waals surface area contributed by atoms with Gasteiger partial charge in [0.25, 0.3) is 0 Å². The van der Waals surface area contributed by atoms with Gasteiger partial charge in [0.05, 0.1) is 28.0 Å². The maximum atomic E-state index is 13.2. The minimum atomic E-state index is -4.72. The molecule has 3 heterocycles. The van der Waals surface area contributed by atoms with Gasteiger partial charge in [0, 0.05) is 42.1 Å². The summed E-state index contributed by atoms with van der Waals surface area (Å²) in [4.78, 5) is 17.1. The molecule has 2 aromatic carbocycles. The Kier molecular flexibility index (Phi) is 5.77. The zero-order chi connectivity index (χ0) is 24.7. The van der Waals surface area contributed by atoms with Gasteiger partial charge in [-0.2, -0.15) is 32.7 Å². The molecule has 5 aromatic rings. The molecule has 178 valence electrons. The predicted octanol–water partition coefficient (Wildman–Crippen LogP) is 5.66. The second kappa shape index (κ2) is 8.78. The van der Waals surface area contributed by atoms with Gasteiger partial charge in [0.1, 0.15) is 0 Å². The molecule has 0 unspecified atom stereocenters. The number of nitrogens with one attached hydrogen (secondary N) is 2. The Balaban J connectivity index is 1.35. The molecule has 0 bridgehead atoms. The molecular formula is C22H15ClF3N7OS. The fourth-order valence-electron chi connectivity index (χ4n) is 3.59. The van der Waals surface area contributed by atoms with Gasteiger partial charge in [-0.3, -0.25) is 14.6 Å². The molecule has 35 heavy (non-hydrogen) atoms. The molecule has 2 N–H and O–H groups in total. The molecule has 3 aromatic heterocycles. The molecule has 0 aliphatic rings. The number of Topliss-reactive ketones (excluding diaryl/α,β-unsaturated/α-hetero) is 1. The van der Waals surface area contributed by atoms with Crippen molar-refractivity contribution < 1.29 is 18.0 Å². The van der Waals surface area contributed by atoms with Crippen molar-refractivity contribution in [2.45, 2.75) is 12.6 Å². The lowest BCUT2D eigenvalue weighted by molar-refractivity contribution is -0.141. The van der Waals surface area contributed by atoms with E-state index in [4.69, 9.17) is 11.6 Å². The summed E-state index contributed by atoms with van der Waals surface area (Å²) in [6.07, 6.45) is -2.23. The molecule has 13 heteroatoms. The van der Waals surface area contributed by atoms with E-state index in [0.717, 1.165) is 33.3 Å². The molecular weight excluding hydrogens is 503 g/mol. The van der Waals surface area contributed by atoms with Crippen LogP contribution < -0.4 is 5.32 Å². The van der Waals surface area contributed by atoms with Crippen LogP contribution in [0.1, 0.15) is 21.6 Å². The molecule has 0 saturated heterocycles. The maximum Gasteiger partial charge on any atom is 0.435 e. The lowest BCUT2D eigenvalue weighted by atomic mass is 10.0. The summed E-state index contributed by atoms with van der Waals surface area (Å²) in [5.74, 6) is -0.273. The smallest absolute Gasteiger partial charge is 0.329 e. The van der Waals surface area contributed by atoms with Gasteiger partial charge in [0.2, 0.25) is 5.13 Å². The summed E-state index contributed by atoms with van der Waals surface area (Å²) in [7, 11) is 1.34. The van der Waals surface area contributed by atoms with Crippen molar-refractivity contribution in [1.29, 1.82) is 0 Å². The normalized spacial score (nSPS) is 11.8. The Labute approximate surface area is 204 Å². The number of ketones is 1. The van der Waals surface area contributed by atoms with Crippen LogP contribution in [-0.2, 0) is 19.6 Å². The number of anilines is 2. The SMILES string of the molecule is Cn1cc(C(=O)Cc2cccc(-c3nsc(Nc4ccc5[nH]ncc5c4Cl)n3)c2)c(C(F)(F)F)n1. The minimum Gasteiger partial charge on any atom is -0.329 e.